The second kappa shape index (κ2) is 8.93. The first-order valence-electron chi connectivity index (χ1n) is 8.91. The third-order valence-electron chi connectivity index (χ3n) is 4.07. The molecular weight excluding hydrogens is 342 g/mol. The molecule has 0 saturated carbocycles. The predicted octanol–water partition coefficient (Wildman–Crippen LogP) is 2.66. The third-order valence-corrected chi connectivity index (χ3v) is 4.07. The van der Waals surface area contributed by atoms with Crippen LogP contribution in [0.3, 0.4) is 0 Å². The summed E-state index contributed by atoms with van der Waals surface area (Å²) in [7, 11) is 0. The number of amides is 1. The van der Waals surface area contributed by atoms with E-state index in [4.69, 9.17) is 4.74 Å². The minimum Gasteiger partial charge on any atom is -0.484 e. The van der Waals surface area contributed by atoms with E-state index >= 15 is 0 Å². The second-order valence-electron chi connectivity index (χ2n) is 6.38. The molecule has 0 aliphatic rings. The SMILES string of the molecule is CC(C)c1ccc(OCC(=O)NCCn2ccnc2-c2ncccn2)cc1. The minimum atomic E-state index is -0.166. The molecule has 0 unspecified atom stereocenters. The molecule has 3 rings (SSSR count). The zero-order valence-electron chi connectivity index (χ0n) is 15.5. The van der Waals surface area contributed by atoms with E-state index in [2.05, 4.69) is 34.1 Å². The number of imidazole rings is 1. The van der Waals surface area contributed by atoms with Crippen molar-refractivity contribution in [2.75, 3.05) is 13.2 Å². The maximum Gasteiger partial charge on any atom is 0.258 e. The van der Waals surface area contributed by atoms with Crippen molar-refractivity contribution >= 4 is 5.91 Å². The first-order valence-corrected chi connectivity index (χ1v) is 8.91. The van der Waals surface area contributed by atoms with Crippen molar-refractivity contribution in [3.05, 3.63) is 60.7 Å². The van der Waals surface area contributed by atoms with Crippen molar-refractivity contribution in [2.45, 2.75) is 26.3 Å². The van der Waals surface area contributed by atoms with E-state index in [9.17, 15) is 4.79 Å². The summed E-state index contributed by atoms with van der Waals surface area (Å²) < 4.78 is 7.44. The highest BCUT2D eigenvalue weighted by Gasteiger charge is 2.09. The molecule has 0 saturated heterocycles. The van der Waals surface area contributed by atoms with E-state index in [0.717, 1.165) is 0 Å². The van der Waals surface area contributed by atoms with Gasteiger partial charge in [0, 0.05) is 37.9 Å². The largest absolute Gasteiger partial charge is 0.484 e. The second-order valence-corrected chi connectivity index (χ2v) is 6.38. The van der Waals surface area contributed by atoms with Crippen LogP contribution in [0.4, 0.5) is 0 Å². The fraction of sp³-hybridized carbons (Fsp3) is 0.300. The number of rotatable bonds is 8. The van der Waals surface area contributed by atoms with Crippen LogP contribution >= 0.6 is 0 Å². The highest BCUT2D eigenvalue weighted by Crippen LogP contribution is 2.18. The first-order chi connectivity index (χ1) is 13.1. The van der Waals surface area contributed by atoms with Crippen molar-refractivity contribution in [3.8, 4) is 17.4 Å². The maximum absolute atomic E-state index is 12.0. The number of benzene rings is 1. The van der Waals surface area contributed by atoms with Crippen LogP contribution in [0.5, 0.6) is 5.75 Å². The van der Waals surface area contributed by atoms with E-state index in [0.29, 0.717) is 36.4 Å². The Bertz CT molecular complexity index is 860. The fourth-order valence-corrected chi connectivity index (χ4v) is 2.57. The van der Waals surface area contributed by atoms with Gasteiger partial charge in [0.1, 0.15) is 5.75 Å². The van der Waals surface area contributed by atoms with E-state index in [1.165, 1.54) is 5.56 Å². The molecule has 3 aromatic rings. The first kappa shape index (κ1) is 18.6. The van der Waals surface area contributed by atoms with Gasteiger partial charge in [-0.25, -0.2) is 15.0 Å². The number of nitrogens with zero attached hydrogens (tertiary/aromatic N) is 4. The Labute approximate surface area is 158 Å². The summed E-state index contributed by atoms with van der Waals surface area (Å²) in [6, 6.07) is 9.57. The molecule has 1 aromatic carbocycles. The molecule has 27 heavy (non-hydrogen) atoms. The molecule has 1 amide bonds. The summed E-state index contributed by atoms with van der Waals surface area (Å²) in [6.07, 6.45) is 6.88. The average Bonchev–Trinajstić information content (AvgIpc) is 3.16. The van der Waals surface area contributed by atoms with Gasteiger partial charge in [-0.2, -0.15) is 0 Å². The smallest absolute Gasteiger partial charge is 0.258 e. The van der Waals surface area contributed by atoms with Gasteiger partial charge in [-0.3, -0.25) is 4.79 Å². The minimum absolute atomic E-state index is 0.0143. The van der Waals surface area contributed by atoms with Crippen molar-refractivity contribution < 1.29 is 9.53 Å². The molecule has 7 heteroatoms. The van der Waals surface area contributed by atoms with E-state index in [1.807, 2.05) is 35.0 Å². The summed E-state index contributed by atoms with van der Waals surface area (Å²) in [6.45, 7) is 5.30. The molecule has 0 bridgehead atoms. The molecule has 1 N–H and O–H groups in total. The molecule has 0 radical (unpaired) electrons. The number of aromatic nitrogens is 4. The third kappa shape index (κ3) is 5.13. The number of hydrogen-bond acceptors (Lipinski definition) is 5. The molecule has 0 spiro atoms. The lowest BCUT2D eigenvalue weighted by Crippen LogP contribution is -2.31. The van der Waals surface area contributed by atoms with E-state index < -0.39 is 0 Å². The molecule has 0 fully saturated rings. The summed E-state index contributed by atoms with van der Waals surface area (Å²) in [4.78, 5) is 24.7. The van der Waals surface area contributed by atoms with Gasteiger partial charge in [0.25, 0.3) is 5.91 Å². The molecule has 0 aliphatic heterocycles. The van der Waals surface area contributed by atoms with Gasteiger partial charge in [0.05, 0.1) is 0 Å². The van der Waals surface area contributed by atoms with Crippen molar-refractivity contribution in [3.63, 3.8) is 0 Å². The van der Waals surface area contributed by atoms with E-state index in [1.54, 1.807) is 24.7 Å². The lowest BCUT2D eigenvalue weighted by atomic mass is 10.0. The highest BCUT2D eigenvalue weighted by molar-refractivity contribution is 5.77. The molecule has 140 valence electrons. The lowest BCUT2D eigenvalue weighted by Gasteiger charge is -2.10. The Morgan fingerprint density at radius 2 is 1.85 bits per heavy atom. The van der Waals surface area contributed by atoms with Crippen molar-refractivity contribution in [2.24, 2.45) is 0 Å². The molecule has 7 nitrogen and oxygen atoms in total. The quantitative estimate of drug-likeness (QED) is 0.664. The van der Waals surface area contributed by atoms with Gasteiger partial charge in [0.2, 0.25) is 0 Å². The van der Waals surface area contributed by atoms with Gasteiger partial charge in [0.15, 0.2) is 18.3 Å². The predicted molar refractivity (Wildman–Crippen MR) is 102 cm³/mol. The standard InChI is InChI=1S/C20H23N5O2/c1-15(2)16-4-6-17(7-5-16)27-14-18(26)21-10-12-25-13-11-24-20(25)19-22-8-3-9-23-19/h3-9,11,13,15H,10,12,14H2,1-2H3,(H,21,26). The Hall–Kier alpha value is -3.22. The Morgan fingerprint density at radius 1 is 1.11 bits per heavy atom. The summed E-state index contributed by atoms with van der Waals surface area (Å²) in [5, 5.41) is 2.85. The van der Waals surface area contributed by atoms with Crippen LogP contribution in [-0.4, -0.2) is 38.6 Å². The van der Waals surface area contributed by atoms with Crippen LogP contribution in [0.15, 0.2) is 55.1 Å². The maximum atomic E-state index is 12.0. The summed E-state index contributed by atoms with van der Waals surface area (Å²) >= 11 is 0. The topological polar surface area (TPSA) is 81.9 Å². The fourth-order valence-electron chi connectivity index (χ4n) is 2.57. The normalized spacial score (nSPS) is 10.8. The van der Waals surface area contributed by atoms with Crippen molar-refractivity contribution in [1.29, 1.82) is 0 Å². The van der Waals surface area contributed by atoms with Gasteiger partial charge >= 0.3 is 0 Å². The van der Waals surface area contributed by atoms with Crippen molar-refractivity contribution in [1.82, 2.24) is 24.8 Å². The number of nitrogens with one attached hydrogen (secondary N) is 1. The summed E-state index contributed by atoms with van der Waals surface area (Å²) in [5.74, 6) is 2.22. The Kier molecular flexibility index (Phi) is 6.14. The summed E-state index contributed by atoms with van der Waals surface area (Å²) in [5.41, 5.74) is 1.24. The van der Waals surface area contributed by atoms with Gasteiger partial charge in [-0.15, -0.1) is 0 Å². The zero-order chi connectivity index (χ0) is 19.1. The number of carbonyl (C=O) groups is 1. The van der Waals surface area contributed by atoms with Crippen LogP contribution in [0.1, 0.15) is 25.3 Å². The Morgan fingerprint density at radius 3 is 2.56 bits per heavy atom. The van der Waals surface area contributed by atoms with Gasteiger partial charge in [-0.1, -0.05) is 26.0 Å². The van der Waals surface area contributed by atoms with E-state index in [-0.39, 0.29) is 12.5 Å². The molecule has 0 atom stereocenters. The molecule has 0 aliphatic carbocycles. The van der Waals surface area contributed by atoms with Crippen LogP contribution in [0.2, 0.25) is 0 Å². The number of ether oxygens (including phenoxy) is 1. The highest BCUT2D eigenvalue weighted by atomic mass is 16.5. The Balaban J connectivity index is 1.45. The van der Waals surface area contributed by atoms with Crippen LogP contribution in [0.25, 0.3) is 11.6 Å². The number of carbonyl (C=O) groups excluding carboxylic acids is 1. The zero-order valence-corrected chi connectivity index (χ0v) is 15.5. The molecular formula is C20H23N5O2. The monoisotopic (exact) mass is 365 g/mol. The van der Waals surface area contributed by atoms with Crippen LogP contribution < -0.4 is 10.1 Å². The molecule has 2 heterocycles. The number of hydrogen-bond donors (Lipinski definition) is 1. The molecule has 2 aromatic heterocycles. The van der Waals surface area contributed by atoms with Gasteiger partial charge in [-0.05, 0) is 29.7 Å². The average molecular weight is 365 g/mol. The van der Waals surface area contributed by atoms with Crippen LogP contribution in [-0.2, 0) is 11.3 Å². The van der Waals surface area contributed by atoms with Crippen LogP contribution in [0, 0.1) is 0 Å². The van der Waals surface area contributed by atoms with Gasteiger partial charge < -0.3 is 14.6 Å². The lowest BCUT2D eigenvalue weighted by molar-refractivity contribution is -0.123.